The van der Waals surface area contributed by atoms with Crippen LogP contribution in [0.3, 0.4) is 0 Å². The first-order valence-electron chi connectivity index (χ1n) is 6.80. The smallest absolute Gasteiger partial charge is 0.119 e. The molecule has 0 bridgehead atoms. The molecule has 2 aromatic rings. The number of ether oxygens (including phenoxy) is 1. The van der Waals surface area contributed by atoms with Crippen molar-refractivity contribution in [3.05, 3.63) is 51.2 Å². The van der Waals surface area contributed by atoms with E-state index in [1.165, 1.54) is 29.7 Å². The minimum atomic E-state index is -0.508. The fourth-order valence-corrected chi connectivity index (χ4v) is 3.84. The molecule has 0 amide bonds. The molecule has 1 atom stereocenters. The number of benzene rings is 1. The first-order valence-corrected chi connectivity index (χ1v) is 7.62. The molecule has 0 aliphatic heterocycles. The van der Waals surface area contributed by atoms with Crippen LogP contribution in [0.4, 0.5) is 0 Å². The minimum absolute atomic E-state index is 0.508. The van der Waals surface area contributed by atoms with E-state index in [0.29, 0.717) is 6.61 Å². The molecule has 1 unspecified atom stereocenters. The molecule has 100 valence electrons. The quantitative estimate of drug-likeness (QED) is 0.920. The standard InChI is InChI=1S/C16H18O2S/c1-2-18-13-8-6-11(7-9-13)16(17)15-10-12-4-3-5-14(12)19-15/h6-10,16-17H,2-5H2,1H3. The number of aliphatic hydroxyl groups is 1. The summed E-state index contributed by atoms with van der Waals surface area (Å²) in [7, 11) is 0. The number of fused-ring (bicyclic) bond motifs is 1. The Labute approximate surface area is 117 Å². The Morgan fingerprint density at radius 3 is 2.74 bits per heavy atom. The zero-order valence-electron chi connectivity index (χ0n) is 11.1. The number of aryl methyl sites for hydroxylation is 2. The number of thiophene rings is 1. The maximum Gasteiger partial charge on any atom is 0.119 e. The summed E-state index contributed by atoms with van der Waals surface area (Å²) in [4.78, 5) is 2.52. The summed E-state index contributed by atoms with van der Waals surface area (Å²) in [5, 5.41) is 10.4. The van der Waals surface area contributed by atoms with Crippen molar-refractivity contribution in [2.75, 3.05) is 6.61 Å². The van der Waals surface area contributed by atoms with Crippen LogP contribution in [0.5, 0.6) is 5.75 Å². The maximum atomic E-state index is 10.4. The monoisotopic (exact) mass is 274 g/mol. The zero-order valence-corrected chi connectivity index (χ0v) is 11.9. The molecule has 1 N–H and O–H groups in total. The van der Waals surface area contributed by atoms with Gasteiger partial charge >= 0.3 is 0 Å². The second kappa shape index (κ2) is 5.35. The van der Waals surface area contributed by atoms with Crippen molar-refractivity contribution in [2.24, 2.45) is 0 Å². The molecule has 1 heterocycles. The van der Waals surface area contributed by atoms with Gasteiger partial charge in [0.15, 0.2) is 0 Å². The molecule has 1 aromatic carbocycles. The van der Waals surface area contributed by atoms with E-state index in [0.717, 1.165) is 16.2 Å². The predicted molar refractivity (Wildman–Crippen MR) is 78.0 cm³/mol. The third kappa shape index (κ3) is 2.53. The first-order chi connectivity index (χ1) is 9.28. The van der Waals surface area contributed by atoms with E-state index in [1.54, 1.807) is 11.3 Å². The Balaban J connectivity index is 1.80. The van der Waals surface area contributed by atoms with E-state index in [4.69, 9.17) is 4.74 Å². The van der Waals surface area contributed by atoms with E-state index >= 15 is 0 Å². The zero-order chi connectivity index (χ0) is 13.2. The average Bonchev–Trinajstić information content (AvgIpc) is 3.00. The van der Waals surface area contributed by atoms with Gasteiger partial charge in [-0.05, 0) is 55.5 Å². The molecule has 2 nitrogen and oxygen atoms in total. The lowest BCUT2D eigenvalue weighted by Gasteiger charge is -2.10. The van der Waals surface area contributed by atoms with Crippen LogP contribution in [0.25, 0.3) is 0 Å². The molecule has 0 spiro atoms. The normalized spacial score (nSPS) is 15.3. The van der Waals surface area contributed by atoms with E-state index in [1.807, 2.05) is 31.2 Å². The summed E-state index contributed by atoms with van der Waals surface area (Å²) in [6, 6.07) is 9.90. The van der Waals surface area contributed by atoms with Gasteiger partial charge in [-0.25, -0.2) is 0 Å². The molecular weight excluding hydrogens is 256 g/mol. The Kier molecular flexibility index (Phi) is 3.58. The van der Waals surface area contributed by atoms with Crippen molar-refractivity contribution >= 4 is 11.3 Å². The summed E-state index contributed by atoms with van der Waals surface area (Å²) in [6.45, 7) is 2.63. The highest BCUT2D eigenvalue weighted by Gasteiger charge is 2.19. The fraction of sp³-hybridized carbons (Fsp3) is 0.375. The summed E-state index contributed by atoms with van der Waals surface area (Å²) < 4.78 is 5.42. The van der Waals surface area contributed by atoms with Crippen molar-refractivity contribution in [3.8, 4) is 5.75 Å². The molecule has 1 aliphatic carbocycles. The maximum absolute atomic E-state index is 10.4. The van der Waals surface area contributed by atoms with Crippen LogP contribution in [0, 0.1) is 0 Å². The highest BCUT2D eigenvalue weighted by atomic mass is 32.1. The van der Waals surface area contributed by atoms with E-state index in [9.17, 15) is 5.11 Å². The molecule has 3 rings (SSSR count). The van der Waals surface area contributed by atoms with Crippen LogP contribution in [0.15, 0.2) is 30.3 Å². The Morgan fingerprint density at radius 1 is 1.26 bits per heavy atom. The van der Waals surface area contributed by atoms with Gasteiger partial charge < -0.3 is 9.84 Å². The Morgan fingerprint density at radius 2 is 2.05 bits per heavy atom. The van der Waals surface area contributed by atoms with Crippen LogP contribution < -0.4 is 4.74 Å². The van der Waals surface area contributed by atoms with Crippen LogP contribution in [0.2, 0.25) is 0 Å². The molecule has 0 fully saturated rings. The number of aliphatic hydroxyl groups excluding tert-OH is 1. The second-order valence-corrected chi connectivity index (χ2v) is 6.02. The second-order valence-electron chi connectivity index (χ2n) is 4.86. The van der Waals surface area contributed by atoms with E-state index in [2.05, 4.69) is 6.07 Å². The highest BCUT2D eigenvalue weighted by Crippen LogP contribution is 2.36. The molecule has 19 heavy (non-hydrogen) atoms. The topological polar surface area (TPSA) is 29.5 Å². The SMILES string of the molecule is CCOc1ccc(C(O)c2cc3c(s2)CCC3)cc1. The van der Waals surface area contributed by atoms with Crippen molar-refractivity contribution in [1.29, 1.82) is 0 Å². The first kappa shape index (κ1) is 12.7. The summed E-state index contributed by atoms with van der Waals surface area (Å²) in [6.07, 6.45) is 3.10. The molecular formula is C16H18O2S. The molecule has 1 aliphatic rings. The third-order valence-electron chi connectivity index (χ3n) is 3.54. The summed E-state index contributed by atoms with van der Waals surface area (Å²) in [5.74, 6) is 0.854. The number of hydrogen-bond acceptors (Lipinski definition) is 3. The molecule has 0 saturated heterocycles. The molecule has 0 radical (unpaired) electrons. The highest BCUT2D eigenvalue weighted by molar-refractivity contribution is 7.12. The van der Waals surface area contributed by atoms with Gasteiger partial charge in [0.1, 0.15) is 11.9 Å². The van der Waals surface area contributed by atoms with Crippen molar-refractivity contribution in [2.45, 2.75) is 32.3 Å². The van der Waals surface area contributed by atoms with Crippen molar-refractivity contribution in [1.82, 2.24) is 0 Å². The van der Waals surface area contributed by atoms with Gasteiger partial charge in [0.05, 0.1) is 6.61 Å². The fourth-order valence-electron chi connectivity index (χ4n) is 2.56. The lowest BCUT2D eigenvalue weighted by molar-refractivity contribution is 0.224. The molecule has 1 aromatic heterocycles. The van der Waals surface area contributed by atoms with Gasteiger partial charge in [-0.2, -0.15) is 0 Å². The van der Waals surface area contributed by atoms with Crippen molar-refractivity contribution < 1.29 is 9.84 Å². The van der Waals surface area contributed by atoms with Crippen LogP contribution >= 0.6 is 11.3 Å². The van der Waals surface area contributed by atoms with Gasteiger partial charge in [0, 0.05) is 9.75 Å². The van der Waals surface area contributed by atoms with Gasteiger partial charge in [-0.3, -0.25) is 0 Å². The Hall–Kier alpha value is -1.32. The van der Waals surface area contributed by atoms with Gasteiger partial charge in [0.25, 0.3) is 0 Å². The van der Waals surface area contributed by atoms with E-state index in [-0.39, 0.29) is 0 Å². The van der Waals surface area contributed by atoms with Crippen LogP contribution in [-0.4, -0.2) is 11.7 Å². The van der Waals surface area contributed by atoms with Gasteiger partial charge in [-0.15, -0.1) is 11.3 Å². The number of hydrogen-bond donors (Lipinski definition) is 1. The van der Waals surface area contributed by atoms with E-state index < -0.39 is 6.10 Å². The molecule has 3 heteroatoms. The van der Waals surface area contributed by atoms with Crippen molar-refractivity contribution in [3.63, 3.8) is 0 Å². The predicted octanol–water partition coefficient (Wildman–Crippen LogP) is 3.72. The largest absolute Gasteiger partial charge is 0.494 e. The third-order valence-corrected chi connectivity index (χ3v) is 4.83. The van der Waals surface area contributed by atoms with Gasteiger partial charge in [0.2, 0.25) is 0 Å². The van der Waals surface area contributed by atoms with Crippen LogP contribution in [-0.2, 0) is 12.8 Å². The summed E-state index contributed by atoms with van der Waals surface area (Å²) >= 11 is 1.76. The lowest BCUT2D eigenvalue weighted by Crippen LogP contribution is -1.98. The minimum Gasteiger partial charge on any atom is -0.494 e. The van der Waals surface area contributed by atoms with Gasteiger partial charge in [-0.1, -0.05) is 12.1 Å². The summed E-state index contributed by atoms with van der Waals surface area (Å²) in [5.41, 5.74) is 2.37. The average molecular weight is 274 g/mol. The number of rotatable bonds is 4. The lowest BCUT2D eigenvalue weighted by atomic mass is 10.1. The van der Waals surface area contributed by atoms with Crippen LogP contribution in [0.1, 0.15) is 40.3 Å². The molecule has 0 saturated carbocycles. The Bertz CT molecular complexity index is 535.